The van der Waals surface area contributed by atoms with Gasteiger partial charge in [0.25, 0.3) is 5.91 Å². The van der Waals surface area contributed by atoms with E-state index in [0.717, 1.165) is 13.0 Å². The van der Waals surface area contributed by atoms with Crippen LogP contribution in [0.2, 0.25) is 0 Å². The van der Waals surface area contributed by atoms with E-state index in [1.807, 2.05) is 11.0 Å². The zero-order chi connectivity index (χ0) is 25.1. The standard InChI is InChI=1S/C28H31N3O4S/c1-34-22-16-21(17-23(18-22)35-2)28(33)30-13-11-29(12-14-30)26(32)19-31-10-8-25-24(9-15-36-25)27(31)20-6-4-3-5-7-20/h3-7,9,15-18,27H,8,10-14,19H2,1-2H3/t27-/m0/s1. The molecule has 3 heterocycles. The Labute approximate surface area is 215 Å². The first kappa shape index (κ1) is 24.3. The molecule has 8 heteroatoms. The molecule has 188 valence electrons. The topological polar surface area (TPSA) is 62.3 Å². The molecule has 0 bridgehead atoms. The molecule has 2 aromatic carbocycles. The van der Waals surface area contributed by atoms with E-state index in [1.165, 1.54) is 16.0 Å². The molecule has 2 amide bonds. The van der Waals surface area contributed by atoms with Crippen LogP contribution in [0.5, 0.6) is 11.5 Å². The van der Waals surface area contributed by atoms with Crippen molar-refractivity contribution >= 4 is 23.2 Å². The maximum atomic E-state index is 13.4. The number of nitrogens with zero attached hydrogens (tertiary/aromatic N) is 3. The van der Waals surface area contributed by atoms with Crippen molar-refractivity contribution in [3.8, 4) is 11.5 Å². The van der Waals surface area contributed by atoms with Crippen molar-refractivity contribution in [2.75, 3.05) is 53.5 Å². The van der Waals surface area contributed by atoms with Crippen LogP contribution in [0.4, 0.5) is 0 Å². The number of hydrogen-bond acceptors (Lipinski definition) is 6. The van der Waals surface area contributed by atoms with E-state index in [0.29, 0.717) is 49.8 Å². The van der Waals surface area contributed by atoms with Gasteiger partial charge in [0.2, 0.25) is 5.91 Å². The molecule has 5 rings (SSSR count). The average molecular weight is 506 g/mol. The first-order chi connectivity index (χ1) is 17.6. The lowest BCUT2D eigenvalue weighted by atomic mass is 9.93. The second kappa shape index (κ2) is 10.7. The van der Waals surface area contributed by atoms with E-state index in [9.17, 15) is 9.59 Å². The molecule has 1 saturated heterocycles. The third kappa shape index (κ3) is 4.96. The molecule has 0 aliphatic carbocycles. The highest BCUT2D eigenvalue weighted by Crippen LogP contribution is 2.37. The van der Waals surface area contributed by atoms with Gasteiger partial charge in [0, 0.05) is 49.2 Å². The molecule has 0 N–H and O–H groups in total. The Morgan fingerprint density at radius 1 is 0.889 bits per heavy atom. The maximum Gasteiger partial charge on any atom is 0.254 e. The second-order valence-electron chi connectivity index (χ2n) is 9.11. The zero-order valence-electron chi connectivity index (χ0n) is 20.7. The largest absolute Gasteiger partial charge is 0.497 e. The SMILES string of the molecule is COc1cc(OC)cc(C(=O)N2CCN(C(=O)CN3CCc4sccc4[C@@H]3c3ccccc3)CC2)c1. The summed E-state index contributed by atoms with van der Waals surface area (Å²) in [6.07, 6.45) is 0.968. The molecule has 0 saturated carbocycles. The number of piperazine rings is 1. The number of amides is 2. The van der Waals surface area contributed by atoms with Crippen molar-refractivity contribution < 1.29 is 19.1 Å². The van der Waals surface area contributed by atoms with Crippen LogP contribution in [0, 0.1) is 0 Å². The smallest absolute Gasteiger partial charge is 0.254 e. The lowest BCUT2D eigenvalue weighted by molar-refractivity contribution is -0.134. The van der Waals surface area contributed by atoms with E-state index < -0.39 is 0 Å². The highest BCUT2D eigenvalue weighted by molar-refractivity contribution is 7.10. The molecule has 36 heavy (non-hydrogen) atoms. The van der Waals surface area contributed by atoms with Gasteiger partial charge < -0.3 is 19.3 Å². The lowest BCUT2D eigenvalue weighted by Crippen LogP contribution is -2.53. The maximum absolute atomic E-state index is 13.4. The molecule has 0 radical (unpaired) electrons. The van der Waals surface area contributed by atoms with Gasteiger partial charge in [-0.05, 0) is 41.1 Å². The van der Waals surface area contributed by atoms with Gasteiger partial charge in [-0.25, -0.2) is 0 Å². The lowest BCUT2D eigenvalue weighted by Gasteiger charge is -2.39. The molecule has 2 aliphatic heterocycles. The van der Waals surface area contributed by atoms with Crippen molar-refractivity contribution in [1.82, 2.24) is 14.7 Å². The Hall–Kier alpha value is -3.36. The quantitative estimate of drug-likeness (QED) is 0.511. The summed E-state index contributed by atoms with van der Waals surface area (Å²) in [6.45, 7) is 3.28. The van der Waals surface area contributed by atoms with Crippen molar-refractivity contribution in [3.63, 3.8) is 0 Å². The number of fused-ring (bicyclic) bond motifs is 1. The van der Waals surface area contributed by atoms with E-state index >= 15 is 0 Å². The summed E-state index contributed by atoms with van der Waals surface area (Å²) in [5, 5.41) is 2.15. The van der Waals surface area contributed by atoms with E-state index in [4.69, 9.17) is 9.47 Å². The van der Waals surface area contributed by atoms with Crippen molar-refractivity contribution in [2.45, 2.75) is 12.5 Å². The van der Waals surface area contributed by atoms with Crippen molar-refractivity contribution in [2.24, 2.45) is 0 Å². The van der Waals surface area contributed by atoms with Crippen LogP contribution in [0.1, 0.15) is 32.4 Å². The van der Waals surface area contributed by atoms with Crippen LogP contribution in [0.25, 0.3) is 0 Å². The van der Waals surface area contributed by atoms with Gasteiger partial charge in [-0.2, -0.15) is 0 Å². The van der Waals surface area contributed by atoms with E-state index in [2.05, 4.69) is 40.6 Å². The van der Waals surface area contributed by atoms with Crippen LogP contribution in [-0.4, -0.2) is 80.0 Å². The summed E-state index contributed by atoms with van der Waals surface area (Å²) in [5.41, 5.74) is 3.06. The van der Waals surface area contributed by atoms with Crippen LogP contribution >= 0.6 is 11.3 Å². The number of carbonyl (C=O) groups is 2. The number of rotatable bonds is 6. The highest BCUT2D eigenvalue weighted by atomic mass is 32.1. The monoisotopic (exact) mass is 505 g/mol. The molecule has 2 aliphatic rings. The second-order valence-corrected chi connectivity index (χ2v) is 10.1. The summed E-state index contributed by atoms with van der Waals surface area (Å²) >= 11 is 1.80. The Bertz CT molecular complexity index is 1200. The van der Waals surface area contributed by atoms with Crippen molar-refractivity contribution in [1.29, 1.82) is 0 Å². The molecule has 1 atom stereocenters. The van der Waals surface area contributed by atoms with Crippen LogP contribution in [-0.2, 0) is 11.2 Å². The number of thiophene rings is 1. The summed E-state index contributed by atoms with van der Waals surface area (Å²) in [4.78, 5) is 33.9. The van der Waals surface area contributed by atoms with Gasteiger partial charge in [-0.3, -0.25) is 14.5 Å². The summed E-state index contributed by atoms with van der Waals surface area (Å²) in [7, 11) is 3.13. The number of hydrogen-bond donors (Lipinski definition) is 0. The third-order valence-electron chi connectivity index (χ3n) is 7.04. The Balaban J connectivity index is 1.23. The molecule has 0 unspecified atom stereocenters. The minimum absolute atomic E-state index is 0.0792. The van der Waals surface area contributed by atoms with Crippen LogP contribution in [0.15, 0.2) is 60.0 Å². The highest BCUT2D eigenvalue weighted by Gasteiger charge is 2.33. The number of benzene rings is 2. The number of ether oxygens (including phenoxy) is 2. The molecule has 1 aromatic heterocycles. The normalized spacial score (nSPS) is 18.0. The Morgan fingerprint density at radius 2 is 1.56 bits per heavy atom. The molecule has 1 fully saturated rings. The average Bonchev–Trinajstić information content (AvgIpc) is 3.41. The summed E-state index contributed by atoms with van der Waals surface area (Å²) in [5.74, 6) is 1.19. The van der Waals surface area contributed by atoms with E-state index in [1.54, 1.807) is 48.7 Å². The predicted octanol–water partition coefficient (Wildman–Crippen LogP) is 3.70. The van der Waals surface area contributed by atoms with Gasteiger partial charge in [0.05, 0.1) is 26.8 Å². The number of carbonyl (C=O) groups excluding carboxylic acids is 2. The van der Waals surface area contributed by atoms with Gasteiger partial charge in [-0.1, -0.05) is 30.3 Å². The molecule has 3 aromatic rings. The van der Waals surface area contributed by atoms with Crippen molar-refractivity contribution in [3.05, 3.63) is 81.5 Å². The van der Waals surface area contributed by atoms with Gasteiger partial charge in [0.1, 0.15) is 11.5 Å². The third-order valence-corrected chi connectivity index (χ3v) is 8.03. The molecule has 0 spiro atoms. The van der Waals surface area contributed by atoms with E-state index in [-0.39, 0.29) is 17.9 Å². The Kier molecular flexibility index (Phi) is 7.25. The summed E-state index contributed by atoms with van der Waals surface area (Å²) in [6, 6.07) is 17.9. The fourth-order valence-corrected chi connectivity index (χ4v) is 6.01. The first-order valence-electron chi connectivity index (χ1n) is 12.2. The van der Waals surface area contributed by atoms with Crippen LogP contribution in [0.3, 0.4) is 0 Å². The fraction of sp³-hybridized carbons (Fsp3) is 0.357. The van der Waals surface area contributed by atoms with Gasteiger partial charge in [0.15, 0.2) is 0 Å². The minimum atomic E-state index is -0.0792. The number of methoxy groups -OCH3 is 2. The van der Waals surface area contributed by atoms with Gasteiger partial charge >= 0.3 is 0 Å². The van der Waals surface area contributed by atoms with Crippen LogP contribution < -0.4 is 9.47 Å². The summed E-state index contributed by atoms with van der Waals surface area (Å²) < 4.78 is 10.6. The minimum Gasteiger partial charge on any atom is -0.497 e. The molecule has 7 nitrogen and oxygen atoms in total. The van der Waals surface area contributed by atoms with Gasteiger partial charge in [-0.15, -0.1) is 11.3 Å². The Morgan fingerprint density at radius 3 is 2.22 bits per heavy atom. The zero-order valence-corrected chi connectivity index (χ0v) is 21.5. The molecular weight excluding hydrogens is 474 g/mol. The first-order valence-corrected chi connectivity index (χ1v) is 13.1. The molecular formula is C28H31N3O4S. The predicted molar refractivity (Wildman–Crippen MR) is 140 cm³/mol. The fourth-order valence-electron chi connectivity index (χ4n) is 5.11.